The number of hydrogen-bond donors (Lipinski definition) is 1. The van der Waals surface area contributed by atoms with Gasteiger partial charge in [0.2, 0.25) is 0 Å². The summed E-state index contributed by atoms with van der Waals surface area (Å²) in [5, 5.41) is 8.81. The maximum absolute atomic E-state index is 12.2. The number of rotatable bonds is 9. The van der Waals surface area contributed by atoms with Gasteiger partial charge in [0.25, 0.3) is 0 Å². The zero-order valence-electron chi connectivity index (χ0n) is 12.6. The Kier molecular flexibility index (Phi) is 7.46. The molecule has 0 unspecified atom stereocenters. The summed E-state index contributed by atoms with van der Waals surface area (Å²) in [6.45, 7) is 5.47. The van der Waals surface area contributed by atoms with Gasteiger partial charge in [-0.2, -0.15) is 0 Å². The second-order valence-electron chi connectivity index (χ2n) is 4.76. The molecule has 1 rings (SSSR count). The molecule has 0 heterocycles. The molecule has 0 spiro atoms. The van der Waals surface area contributed by atoms with E-state index in [0.29, 0.717) is 13.1 Å². The first kappa shape index (κ1) is 17.2. The number of aliphatic carboxylic acids is 1. The summed E-state index contributed by atoms with van der Waals surface area (Å²) in [4.78, 5) is 24.9. The highest BCUT2D eigenvalue weighted by Crippen LogP contribution is 2.11. The highest BCUT2D eigenvalue weighted by molar-refractivity contribution is 5.77. The summed E-state index contributed by atoms with van der Waals surface area (Å²) >= 11 is 0. The molecule has 0 radical (unpaired) electrons. The Balaban J connectivity index is 2.63. The molecule has 0 aromatic heterocycles. The van der Waals surface area contributed by atoms with Crippen molar-refractivity contribution in [1.29, 1.82) is 0 Å². The van der Waals surface area contributed by atoms with E-state index in [-0.39, 0.29) is 25.4 Å². The molecule has 0 saturated heterocycles. The fraction of sp³-hybridized carbons (Fsp3) is 0.500. The predicted molar refractivity (Wildman–Crippen MR) is 79.8 cm³/mol. The van der Waals surface area contributed by atoms with E-state index >= 15 is 0 Å². The molecule has 1 N–H and O–H groups in total. The van der Waals surface area contributed by atoms with Gasteiger partial charge in [0.1, 0.15) is 12.6 Å². The standard InChI is InChI=1S/C16H23NO4/c1-3-17(4-2)14(10-11-15(18)19)16(20)21-12-13-8-6-5-7-9-13/h5-9,14H,3-4,10-12H2,1-2H3,(H,18,19)/t14-/m0/s1. The summed E-state index contributed by atoms with van der Waals surface area (Å²) in [6, 6.07) is 8.94. The Hall–Kier alpha value is -1.88. The van der Waals surface area contributed by atoms with Gasteiger partial charge in [0.05, 0.1) is 0 Å². The molecule has 0 aliphatic carbocycles. The number of likely N-dealkylation sites (N-methyl/N-ethyl adjacent to an activating group) is 1. The number of hydrogen-bond acceptors (Lipinski definition) is 4. The van der Waals surface area contributed by atoms with Crippen LogP contribution in [0.3, 0.4) is 0 Å². The number of carboxylic acids is 1. The monoisotopic (exact) mass is 293 g/mol. The van der Waals surface area contributed by atoms with E-state index in [4.69, 9.17) is 9.84 Å². The lowest BCUT2D eigenvalue weighted by Crippen LogP contribution is -2.42. The highest BCUT2D eigenvalue weighted by Gasteiger charge is 2.26. The first-order chi connectivity index (χ1) is 10.1. The van der Waals surface area contributed by atoms with Gasteiger partial charge < -0.3 is 9.84 Å². The topological polar surface area (TPSA) is 66.8 Å². The third-order valence-electron chi connectivity index (χ3n) is 3.38. The average Bonchev–Trinajstić information content (AvgIpc) is 2.50. The van der Waals surface area contributed by atoms with Crippen LogP contribution in [0.1, 0.15) is 32.3 Å². The lowest BCUT2D eigenvalue weighted by molar-refractivity contribution is -0.152. The summed E-state index contributed by atoms with van der Waals surface area (Å²) in [6.07, 6.45) is 0.228. The van der Waals surface area contributed by atoms with Crippen LogP contribution in [0, 0.1) is 0 Å². The number of carboxylic acid groups (broad SMARTS) is 1. The van der Waals surface area contributed by atoms with E-state index in [1.807, 2.05) is 49.1 Å². The Morgan fingerprint density at radius 1 is 1.19 bits per heavy atom. The van der Waals surface area contributed by atoms with Gasteiger partial charge in [0.15, 0.2) is 0 Å². The first-order valence-corrected chi connectivity index (χ1v) is 7.24. The van der Waals surface area contributed by atoms with E-state index < -0.39 is 12.0 Å². The molecule has 116 valence electrons. The molecule has 0 saturated carbocycles. The van der Waals surface area contributed by atoms with Crippen LogP contribution in [0.15, 0.2) is 30.3 Å². The van der Waals surface area contributed by atoms with Gasteiger partial charge in [-0.15, -0.1) is 0 Å². The number of nitrogens with zero attached hydrogens (tertiary/aromatic N) is 1. The molecule has 0 bridgehead atoms. The molecule has 1 aromatic carbocycles. The normalized spacial score (nSPS) is 12.1. The Morgan fingerprint density at radius 3 is 2.33 bits per heavy atom. The van der Waals surface area contributed by atoms with Crippen LogP contribution >= 0.6 is 0 Å². The second kappa shape index (κ2) is 9.13. The van der Waals surface area contributed by atoms with Crippen molar-refractivity contribution in [3.63, 3.8) is 0 Å². The van der Waals surface area contributed by atoms with Crippen LogP contribution in [-0.4, -0.2) is 41.1 Å². The maximum Gasteiger partial charge on any atom is 0.323 e. The van der Waals surface area contributed by atoms with Gasteiger partial charge >= 0.3 is 11.9 Å². The SMILES string of the molecule is CCN(CC)[C@@H](CCC(=O)O)C(=O)OCc1ccccc1. The van der Waals surface area contributed by atoms with Crippen molar-refractivity contribution in [2.75, 3.05) is 13.1 Å². The van der Waals surface area contributed by atoms with Crippen molar-refractivity contribution in [2.45, 2.75) is 39.3 Å². The molecular formula is C16H23NO4. The molecule has 5 heteroatoms. The van der Waals surface area contributed by atoms with Gasteiger partial charge in [-0.1, -0.05) is 44.2 Å². The lowest BCUT2D eigenvalue weighted by Gasteiger charge is -2.27. The van der Waals surface area contributed by atoms with Crippen LogP contribution in [0.4, 0.5) is 0 Å². The first-order valence-electron chi connectivity index (χ1n) is 7.24. The molecule has 21 heavy (non-hydrogen) atoms. The van der Waals surface area contributed by atoms with Crippen LogP contribution in [0.5, 0.6) is 0 Å². The number of benzene rings is 1. The summed E-state index contributed by atoms with van der Waals surface area (Å²) < 4.78 is 5.33. The smallest absolute Gasteiger partial charge is 0.323 e. The van der Waals surface area contributed by atoms with Crippen LogP contribution in [-0.2, 0) is 20.9 Å². The fourth-order valence-corrected chi connectivity index (χ4v) is 2.20. The molecule has 5 nitrogen and oxygen atoms in total. The number of carbonyl (C=O) groups excluding carboxylic acids is 1. The van der Waals surface area contributed by atoms with Gasteiger partial charge in [0, 0.05) is 6.42 Å². The lowest BCUT2D eigenvalue weighted by atomic mass is 10.1. The predicted octanol–water partition coefficient (Wildman–Crippen LogP) is 2.30. The average molecular weight is 293 g/mol. The van der Waals surface area contributed by atoms with E-state index in [1.165, 1.54) is 0 Å². The van der Waals surface area contributed by atoms with Crippen molar-refractivity contribution in [3.05, 3.63) is 35.9 Å². The Morgan fingerprint density at radius 2 is 1.81 bits per heavy atom. The number of carbonyl (C=O) groups is 2. The molecule has 0 aliphatic rings. The summed E-state index contributed by atoms with van der Waals surface area (Å²) in [5.74, 6) is -1.26. The quantitative estimate of drug-likeness (QED) is 0.708. The number of ether oxygens (including phenoxy) is 1. The molecule has 1 atom stereocenters. The molecule has 1 aromatic rings. The van der Waals surface area contributed by atoms with Crippen molar-refractivity contribution < 1.29 is 19.4 Å². The van der Waals surface area contributed by atoms with E-state index in [0.717, 1.165) is 5.56 Å². The maximum atomic E-state index is 12.2. The van der Waals surface area contributed by atoms with Gasteiger partial charge in [-0.25, -0.2) is 0 Å². The minimum atomic E-state index is -0.900. The zero-order chi connectivity index (χ0) is 15.7. The minimum absolute atomic E-state index is 0.0401. The Bertz CT molecular complexity index is 443. The fourth-order valence-electron chi connectivity index (χ4n) is 2.20. The minimum Gasteiger partial charge on any atom is -0.481 e. The molecular weight excluding hydrogens is 270 g/mol. The second-order valence-corrected chi connectivity index (χ2v) is 4.76. The van der Waals surface area contributed by atoms with Crippen LogP contribution < -0.4 is 0 Å². The van der Waals surface area contributed by atoms with E-state index in [2.05, 4.69) is 0 Å². The highest BCUT2D eigenvalue weighted by atomic mass is 16.5. The third-order valence-corrected chi connectivity index (χ3v) is 3.38. The largest absolute Gasteiger partial charge is 0.481 e. The van der Waals surface area contributed by atoms with Gasteiger partial charge in [-0.3, -0.25) is 14.5 Å². The van der Waals surface area contributed by atoms with Crippen LogP contribution in [0.25, 0.3) is 0 Å². The number of esters is 1. The van der Waals surface area contributed by atoms with Crippen molar-refractivity contribution in [1.82, 2.24) is 4.90 Å². The van der Waals surface area contributed by atoms with Gasteiger partial charge in [-0.05, 0) is 25.1 Å². The van der Waals surface area contributed by atoms with Crippen molar-refractivity contribution in [2.24, 2.45) is 0 Å². The molecule has 0 aliphatic heterocycles. The summed E-state index contributed by atoms with van der Waals surface area (Å²) in [5.41, 5.74) is 0.919. The van der Waals surface area contributed by atoms with E-state index in [1.54, 1.807) is 0 Å². The Labute approximate surface area is 125 Å². The molecule has 0 fully saturated rings. The van der Waals surface area contributed by atoms with Crippen LogP contribution in [0.2, 0.25) is 0 Å². The van der Waals surface area contributed by atoms with E-state index in [9.17, 15) is 9.59 Å². The summed E-state index contributed by atoms with van der Waals surface area (Å²) in [7, 11) is 0. The molecule has 0 amide bonds. The third kappa shape index (κ3) is 5.95. The van der Waals surface area contributed by atoms with Crippen molar-refractivity contribution >= 4 is 11.9 Å². The zero-order valence-corrected chi connectivity index (χ0v) is 12.6. The van der Waals surface area contributed by atoms with Crippen molar-refractivity contribution in [3.8, 4) is 0 Å².